The second-order valence-electron chi connectivity index (χ2n) is 5.31. The van der Waals surface area contributed by atoms with Gasteiger partial charge in [0.1, 0.15) is 11.2 Å². The third-order valence-electron chi connectivity index (χ3n) is 3.89. The van der Waals surface area contributed by atoms with Crippen LogP contribution < -0.4 is 5.43 Å². The van der Waals surface area contributed by atoms with Gasteiger partial charge in [-0.1, -0.05) is 30.3 Å². The van der Waals surface area contributed by atoms with Crippen LogP contribution in [0.5, 0.6) is 11.5 Å². The molecule has 0 fully saturated rings. The maximum Gasteiger partial charge on any atom is 0.201 e. The summed E-state index contributed by atoms with van der Waals surface area (Å²) in [5, 5.41) is 20.2. The zero-order valence-corrected chi connectivity index (χ0v) is 12.0. The number of rotatable bonds is 1. The SMILES string of the molecule is O=c1c2ccccc2oc2cccc(-c3ccc(O)c(O)c3)c12. The van der Waals surface area contributed by atoms with Crippen LogP contribution in [0.4, 0.5) is 0 Å². The monoisotopic (exact) mass is 304 g/mol. The van der Waals surface area contributed by atoms with Gasteiger partial charge in [-0.15, -0.1) is 0 Å². The first-order chi connectivity index (χ1) is 11.1. The molecule has 2 N–H and O–H groups in total. The van der Waals surface area contributed by atoms with E-state index in [-0.39, 0.29) is 16.9 Å². The number of phenolic OH excluding ortho intramolecular Hbond substituents is 2. The number of aromatic hydroxyl groups is 2. The zero-order chi connectivity index (χ0) is 16.0. The lowest BCUT2D eigenvalue weighted by atomic mass is 9.99. The van der Waals surface area contributed by atoms with Crippen molar-refractivity contribution in [3.8, 4) is 22.6 Å². The maximum absolute atomic E-state index is 12.9. The molecule has 1 heterocycles. The van der Waals surface area contributed by atoms with Crippen LogP contribution in [0.15, 0.2) is 69.9 Å². The number of fused-ring (bicyclic) bond motifs is 2. The van der Waals surface area contributed by atoms with Gasteiger partial charge in [0.25, 0.3) is 0 Å². The van der Waals surface area contributed by atoms with Crippen molar-refractivity contribution in [2.45, 2.75) is 0 Å². The summed E-state index contributed by atoms with van der Waals surface area (Å²) in [7, 11) is 0. The summed E-state index contributed by atoms with van der Waals surface area (Å²) >= 11 is 0. The smallest absolute Gasteiger partial charge is 0.201 e. The first kappa shape index (κ1) is 13.4. The highest BCUT2D eigenvalue weighted by Gasteiger charge is 2.13. The quantitative estimate of drug-likeness (QED) is 0.411. The van der Waals surface area contributed by atoms with Gasteiger partial charge in [0.15, 0.2) is 11.5 Å². The van der Waals surface area contributed by atoms with Crippen LogP contribution >= 0.6 is 0 Å². The van der Waals surface area contributed by atoms with E-state index in [9.17, 15) is 15.0 Å². The average Bonchev–Trinajstić information content (AvgIpc) is 2.57. The Kier molecular flexibility index (Phi) is 2.84. The molecule has 0 radical (unpaired) electrons. The van der Waals surface area contributed by atoms with E-state index in [4.69, 9.17) is 4.42 Å². The zero-order valence-electron chi connectivity index (χ0n) is 12.0. The van der Waals surface area contributed by atoms with Crippen molar-refractivity contribution in [2.24, 2.45) is 0 Å². The number of phenols is 2. The molecule has 0 aliphatic heterocycles. The summed E-state index contributed by atoms with van der Waals surface area (Å²) in [5.41, 5.74) is 2.19. The Labute approximate surface area is 130 Å². The highest BCUT2D eigenvalue weighted by Crippen LogP contribution is 2.34. The van der Waals surface area contributed by atoms with Gasteiger partial charge in [0, 0.05) is 0 Å². The molecule has 4 rings (SSSR count). The van der Waals surface area contributed by atoms with Crippen LogP contribution in [0, 0.1) is 0 Å². The normalized spacial score (nSPS) is 11.1. The molecule has 0 amide bonds. The number of benzene rings is 3. The minimum atomic E-state index is -0.232. The fourth-order valence-corrected chi connectivity index (χ4v) is 2.78. The molecule has 23 heavy (non-hydrogen) atoms. The Morgan fingerprint density at radius 2 is 1.57 bits per heavy atom. The van der Waals surface area contributed by atoms with Crippen molar-refractivity contribution in [2.75, 3.05) is 0 Å². The predicted octanol–water partition coefficient (Wildman–Crippen LogP) is 4.02. The molecule has 0 aliphatic carbocycles. The van der Waals surface area contributed by atoms with E-state index in [2.05, 4.69) is 0 Å². The lowest BCUT2D eigenvalue weighted by Gasteiger charge is -2.08. The van der Waals surface area contributed by atoms with Crippen molar-refractivity contribution >= 4 is 21.9 Å². The molecule has 0 bridgehead atoms. The molecule has 3 aromatic carbocycles. The van der Waals surface area contributed by atoms with Crippen LogP contribution in [0.2, 0.25) is 0 Å². The van der Waals surface area contributed by atoms with E-state index in [0.717, 1.165) is 0 Å². The molecule has 4 heteroatoms. The molecular formula is C19H12O4. The summed E-state index contributed by atoms with van der Waals surface area (Å²) < 4.78 is 5.83. The Morgan fingerprint density at radius 3 is 2.39 bits per heavy atom. The number of para-hydroxylation sites is 1. The largest absolute Gasteiger partial charge is 0.504 e. The lowest BCUT2D eigenvalue weighted by molar-refractivity contribution is 0.404. The van der Waals surface area contributed by atoms with Gasteiger partial charge >= 0.3 is 0 Å². The fourth-order valence-electron chi connectivity index (χ4n) is 2.78. The maximum atomic E-state index is 12.9. The van der Waals surface area contributed by atoms with E-state index in [0.29, 0.717) is 33.1 Å². The van der Waals surface area contributed by atoms with Gasteiger partial charge in [-0.2, -0.15) is 0 Å². The molecule has 4 nitrogen and oxygen atoms in total. The molecule has 0 saturated heterocycles. The number of hydrogen-bond acceptors (Lipinski definition) is 4. The lowest BCUT2D eigenvalue weighted by Crippen LogP contribution is -2.03. The van der Waals surface area contributed by atoms with Crippen LogP contribution in [0.25, 0.3) is 33.1 Å². The minimum Gasteiger partial charge on any atom is -0.504 e. The minimum absolute atomic E-state index is 0.120. The molecule has 0 spiro atoms. The molecule has 4 aromatic rings. The molecule has 0 unspecified atom stereocenters. The third-order valence-corrected chi connectivity index (χ3v) is 3.89. The Balaban J connectivity index is 2.13. The van der Waals surface area contributed by atoms with Gasteiger partial charge in [-0.05, 0) is 41.5 Å². The Morgan fingerprint density at radius 1 is 0.783 bits per heavy atom. The van der Waals surface area contributed by atoms with E-state index in [1.54, 1.807) is 42.5 Å². The van der Waals surface area contributed by atoms with Gasteiger partial charge in [0.2, 0.25) is 5.43 Å². The van der Waals surface area contributed by atoms with Gasteiger partial charge < -0.3 is 14.6 Å². The molecule has 1 aromatic heterocycles. The van der Waals surface area contributed by atoms with Crippen LogP contribution in [0.1, 0.15) is 0 Å². The first-order valence-electron chi connectivity index (χ1n) is 7.12. The molecule has 112 valence electrons. The molecule has 0 atom stereocenters. The first-order valence-corrected chi connectivity index (χ1v) is 7.12. The van der Waals surface area contributed by atoms with Gasteiger partial charge in [0.05, 0.1) is 10.8 Å². The fraction of sp³-hybridized carbons (Fsp3) is 0. The average molecular weight is 304 g/mol. The predicted molar refractivity (Wildman–Crippen MR) is 88.8 cm³/mol. The van der Waals surface area contributed by atoms with Crippen molar-refractivity contribution in [3.63, 3.8) is 0 Å². The summed E-state index contributed by atoms with van der Waals surface area (Å²) in [6.07, 6.45) is 0. The highest BCUT2D eigenvalue weighted by atomic mass is 16.3. The highest BCUT2D eigenvalue weighted by molar-refractivity contribution is 5.99. The standard InChI is InChI=1S/C19H12O4/c20-14-9-8-11(10-15(14)21)12-5-3-7-17-18(12)19(22)13-4-1-2-6-16(13)23-17/h1-10,20-21H. The topological polar surface area (TPSA) is 70.7 Å². The summed E-state index contributed by atoms with van der Waals surface area (Å²) in [6.45, 7) is 0. The van der Waals surface area contributed by atoms with Gasteiger partial charge in [-0.25, -0.2) is 0 Å². The van der Waals surface area contributed by atoms with Gasteiger partial charge in [-0.3, -0.25) is 4.79 Å². The van der Waals surface area contributed by atoms with Crippen LogP contribution in [-0.4, -0.2) is 10.2 Å². The van der Waals surface area contributed by atoms with Crippen molar-refractivity contribution in [1.29, 1.82) is 0 Å². The van der Waals surface area contributed by atoms with E-state index in [1.807, 2.05) is 6.07 Å². The van der Waals surface area contributed by atoms with E-state index < -0.39 is 0 Å². The third kappa shape index (κ3) is 2.04. The summed E-state index contributed by atoms with van der Waals surface area (Å²) in [4.78, 5) is 12.9. The second kappa shape index (κ2) is 4.88. The molecule has 0 aliphatic rings. The molecule has 0 saturated carbocycles. The Bertz CT molecular complexity index is 1110. The van der Waals surface area contributed by atoms with E-state index >= 15 is 0 Å². The van der Waals surface area contributed by atoms with Crippen LogP contribution in [0.3, 0.4) is 0 Å². The summed E-state index contributed by atoms with van der Waals surface area (Å²) in [5.74, 6) is -0.434. The number of hydrogen-bond donors (Lipinski definition) is 2. The van der Waals surface area contributed by atoms with Crippen molar-refractivity contribution in [3.05, 3.63) is 70.9 Å². The second-order valence-corrected chi connectivity index (χ2v) is 5.31. The van der Waals surface area contributed by atoms with E-state index in [1.165, 1.54) is 12.1 Å². The van der Waals surface area contributed by atoms with Crippen molar-refractivity contribution < 1.29 is 14.6 Å². The summed E-state index contributed by atoms with van der Waals surface area (Å²) in [6, 6.07) is 16.9. The molecular weight excluding hydrogens is 292 g/mol. The van der Waals surface area contributed by atoms with Crippen LogP contribution in [-0.2, 0) is 0 Å². The van der Waals surface area contributed by atoms with Crippen molar-refractivity contribution in [1.82, 2.24) is 0 Å². The Hall–Kier alpha value is -3.27.